The number of rotatable bonds is 3. The first-order chi connectivity index (χ1) is 15.8. The predicted octanol–water partition coefficient (Wildman–Crippen LogP) is 6.15. The number of fused-ring (bicyclic) bond motifs is 2. The van der Waals surface area contributed by atoms with E-state index in [1.165, 1.54) is 5.57 Å². The van der Waals surface area contributed by atoms with Gasteiger partial charge in [-0.25, -0.2) is 9.78 Å². The van der Waals surface area contributed by atoms with Crippen LogP contribution in [0.15, 0.2) is 53.3 Å². The number of amides is 2. The lowest BCUT2D eigenvalue weighted by Crippen LogP contribution is -2.49. The SMILES string of the molecule is CC(C)(C)NC(=O)N1CC=C(c2cc3c(Nc4ccc5[nH]ccc5c4)c(Br)cnc3[nH]2)CC1. The van der Waals surface area contributed by atoms with E-state index in [0.717, 1.165) is 49.9 Å². The van der Waals surface area contributed by atoms with Crippen LogP contribution in [-0.2, 0) is 0 Å². The Balaban J connectivity index is 1.40. The first-order valence-corrected chi connectivity index (χ1v) is 11.8. The summed E-state index contributed by atoms with van der Waals surface area (Å²) in [6.07, 6.45) is 6.67. The van der Waals surface area contributed by atoms with Crippen molar-refractivity contribution in [2.24, 2.45) is 0 Å². The maximum atomic E-state index is 12.5. The summed E-state index contributed by atoms with van der Waals surface area (Å²) in [7, 11) is 0. The van der Waals surface area contributed by atoms with Crippen LogP contribution in [0.2, 0.25) is 0 Å². The fourth-order valence-electron chi connectivity index (χ4n) is 4.12. The second kappa shape index (κ2) is 8.26. The van der Waals surface area contributed by atoms with Crippen LogP contribution in [0.3, 0.4) is 0 Å². The van der Waals surface area contributed by atoms with Crippen LogP contribution in [0, 0.1) is 0 Å². The first kappa shape index (κ1) is 21.6. The van der Waals surface area contributed by atoms with E-state index in [-0.39, 0.29) is 11.6 Å². The summed E-state index contributed by atoms with van der Waals surface area (Å²) in [6, 6.07) is 10.4. The van der Waals surface area contributed by atoms with Crippen LogP contribution < -0.4 is 10.6 Å². The van der Waals surface area contributed by atoms with Gasteiger partial charge in [0, 0.05) is 58.7 Å². The van der Waals surface area contributed by atoms with Crippen LogP contribution in [0.1, 0.15) is 32.9 Å². The molecule has 4 aromatic rings. The van der Waals surface area contributed by atoms with E-state index in [9.17, 15) is 4.79 Å². The van der Waals surface area contributed by atoms with Crippen molar-refractivity contribution in [1.29, 1.82) is 0 Å². The molecule has 0 radical (unpaired) electrons. The van der Waals surface area contributed by atoms with E-state index in [4.69, 9.17) is 0 Å². The number of carbonyl (C=O) groups excluding carboxylic acids is 1. The third-order valence-corrected chi connectivity index (χ3v) is 6.36. The average Bonchev–Trinajstić information content (AvgIpc) is 3.41. The third-order valence-electron chi connectivity index (χ3n) is 5.76. The average molecular weight is 507 g/mol. The number of aromatic nitrogens is 3. The Labute approximate surface area is 200 Å². The van der Waals surface area contributed by atoms with Gasteiger partial charge in [0.1, 0.15) is 5.65 Å². The molecule has 2 amide bonds. The molecule has 4 N–H and O–H groups in total. The number of halogens is 1. The number of urea groups is 1. The van der Waals surface area contributed by atoms with Crippen LogP contribution in [-0.4, -0.2) is 44.5 Å². The molecule has 33 heavy (non-hydrogen) atoms. The molecule has 1 aromatic carbocycles. The van der Waals surface area contributed by atoms with Gasteiger partial charge in [0.25, 0.3) is 0 Å². The molecule has 0 saturated carbocycles. The zero-order chi connectivity index (χ0) is 23.2. The molecule has 1 aliphatic rings. The van der Waals surface area contributed by atoms with Gasteiger partial charge in [0.05, 0.1) is 10.2 Å². The minimum Gasteiger partial charge on any atom is -0.361 e. The lowest BCUT2D eigenvalue weighted by atomic mass is 10.0. The standard InChI is InChI=1S/C25H27BrN6O/c1-25(2,3)31-24(33)32-10-7-15(8-11-32)21-13-18-22(19(26)14-28-23(18)30-21)29-17-4-5-20-16(12-17)6-9-27-20/h4-7,9,12-14,27H,8,10-11H2,1-3H3,(H,31,33)(H2,28,29,30). The second-order valence-corrected chi connectivity index (χ2v) is 10.3. The summed E-state index contributed by atoms with van der Waals surface area (Å²) >= 11 is 3.66. The quantitative estimate of drug-likeness (QED) is 0.268. The number of hydrogen-bond acceptors (Lipinski definition) is 3. The molecule has 170 valence electrons. The van der Waals surface area contributed by atoms with Gasteiger partial charge < -0.3 is 25.5 Å². The van der Waals surface area contributed by atoms with Gasteiger partial charge >= 0.3 is 6.03 Å². The lowest BCUT2D eigenvalue weighted by molar-refractivity contribution is 0.193. The van der Waals surface area contributed by atoms with Crippen molar-refractivity contribution in [3.63, 3.8) is 0 Å². The van der Waals surface area contributed by atoms with Gasteiger partial charge in [-0.2, -0.15) is 0 Å². The van der Waals surface area contributed by atoms with Gasteiger partial charge in [-0.3, -0.25) is 0 Å². The van der Waals surface area contributed by atoms with Crippen molar-refractivity contribution >= 4 is 60.8 Å². The van der Waals surface area contributed by atoms with E-state index < -0.39 is 0 Å². The summed E-state index contributed by atoms with van der Waals surface area (Å²) < 4.78 is 0.900. The summed E-state index contributed by atoms with van der Waals surface area (Å²) in [4.78, 5) is 25.6. The predicted molar refractivity (Wildman–Crippen MR) is 138 cm³/mol. The van der Waals surface area contributed by atoms with Crippen molar-refractivity contribution in [3.05, 3.63) is 59.0 Å². The molecule has 0 saturated heterocycles. The van der Waals surface area contributed by atoms with E-state index in [1.807, 2.05) is 38.1 Å². The third kappa shape index (κ3) is 4.48. The molecule has 0 atom stereocenters. The van der Waals surface area contributed by atoms with E-state index in [0.29, 0.717) is 13.1 Å². The van der Waals surface area contributed by atoms with Crippen LogP contribution >= 0.6 is 15.9 Å². The topological polar surface area (TPSA) is 88.8 Å². The van der Waals surface area contributed by atoms with E-state index in [2.05, 4.69) is 77.9 Å². The molecule has 4 heterocycles. The summed E-state index contributed by atoms with van der Waals surface area (Å²) in [5.41, 5.74) is 5.91. The van der Waals surface area contributed by atoms with E-state index >= 15 is 0 Å². The number of nitrogens with one attached hydrogen (secondary N) is 4. The molecule has 0 bridgehead atoms. The number of carbonyl (C=O) groups is 1. The van der Waals surface area contributed by atoms with Crippen LogP contribution in [0.5, 0.6) is 0 Å². The Bertz CT molecular complexity index is 1380. The highest BCUT2D eigenvalue weighted by molar-refractivity contribution is 9.10. The zero-order valence-corrected chi connectivity index (χ0v) is 20.5. The molecular formula is C25H27BrN6O. The zero-order valence-electron chi connectivity index (χ0n) is 18.9. The smallest absolute Gasteiger partial charge is 0.318 e. The molecule has 7 nitrogen and oxygen atoms in total. The molecule has 0 aliphatic carbocycles. The maximum absolute atomic E-state index is 12.5. The summed E-state index contributed by atoms with van der Waals surface area (Å²) in [5, 5.41) is 8.76. The van der Waals surface area contributed by atoms with Crippen LogP contribution in [0.4, 0.5) is 16.2 Å². The van der Waals surface area contributed by atoms with Gasteiger partial charge in [-0.15, -0.1) is 0 Å². The lowest BCUT2D eigenvalue weighted by Gasteiger charge is -2.30. The monoisotopic (exact) mass is 506 g/mol. The minimum absolute atomic E-state index is 0.0223. The number of nitrogens with zero attached hydrogens (tertiary/aromatic N) is 2. The molecule has 0 unspecified atom stereocenters. The van der Waals surface area contributed by atoms with Crippen molar-refractivity contribution < 1.29 is 4.79 Å². The van der Waals surface area contributed by atoms with Crippen molar-refractivity contribution in [2.45, 2.75) is 32.7 Å². The van der Waals surface area contributed by atoms with Crippen molar-refractivity contribution in [3.8, 4) is 0 Å². The minimum atomic E-state index is -0.244. The highest BCUT2D eigenvalue weighted by Gasteiger charge is 2.23. The highest BCUT2D eigenvalue weighted by Crippen LogP contribution is 2.35. The Morgan fingerprint density at radius 3 is 2.82 bits per heavy atom. The van der Waals surface area contributed by atoms with Gasteiger partial charge in [-0.1, -0.05) is 6.08 Å². The number of anilines is 2. The van der Waals surface area contributed by atoms with E-state index in [1.54, 1.807) is 0 Å². The van der Waals surface area contributed by atoms with Crippen molar-refractivity contribution in [2.75, 3.05) is 18.4 Å². The van der Waals surface area contributed by atoms with Crippen molar-refractivity contribution in [1.82, 2.24) is 25.2 Å². The van der Waals surface area contributed by atoms with Gasteiger partial charge in [0.15, 0.2) is 0 Å². The molecule has 5 rings (SSSR count). The maximum Gasteiger partial charge on any atom is 0.318 e. The fraction of sp³-hybridized carbons (Fsp3) is 0.280. The molecular weight excluding hydrogens is 480 g/mol. The molecule has 8 heteroatoms. The summed E-state index contributed by atoms with van der Waals surface area (Å²) in [5.74, 6) is 0. The van der Waals surface area contributed by atoms with Gasteiger partial charge in [-0.05, 0) is 79.0 Å². The number of H-pyrrole nitrogens is 2. The Morgan fingerprint density at radius 2 is 2.06 bits per heavy atom. The molecule has 0 fully saturated rings. The number of benzene rings is 1. The number of hydrogen-bond donors (Lipinski definition) is 4. The molecule has 3 aromatic heterocycles. The van der Waals surface area contributed by atoms with Crippen LogP contribution in [0.25, 0.3) is 27.5 Å². The fourth-order valence-corrected chi connectivity index (χ4v) is 4.54. The summed E-state index contributed by atoms with van der Waals surface area (Å²) in [6.45, 7) is 7.25. The highest BCUT2D eigenvalue weighted by atomic mass is 79.9. The van der Waals surface area contributed by atoms with Gasteiger partial charge in [0.2, 0.25) is 0 Å². The Hall–Kier alpha value is -3.26. The largest absolute Gasteiger partial charge is 0.361 e. The Kier molecular flexibility index (Phi) is 5.40. The number of pyridine rings is 1. The molecule has 1 aliphatic heterocycles. The normalized spacial score (nSPS) is 14.5. The second-order valence-electron chi connectivity index (χ2n) is 9.44. The first-order valence-electron chi connectivity index (χ1n) is 11.0. The Morgan fingerprint density at radius 1 is 1.21 bits per heavy atom. The number of aromatic amines is 2. The molecule has 0 spiro atoms.